The standard InChI is InChI=1S/C14H20N2O3/c1-18-11-7-4-8-12(19-2)13(11)14(17)16-10-6-3-5-9(10)15/h4,7-10H,3,5-6,15H2,1-2H3,(H,16,17)/t9-,10+/m1/s1. The van der Waals surface area contributed by atoms with Gasteiger partial charge in [-0.2, -0.15) is 0 Å². The van der Waals surface area contributed by atoms with Crippen LogP contribution in [-0.2, 0) is 0 Å². The van der Waals surface area contributed by atoms with Gasteiger partial charge in [-0.15, -0.1) is 0 Å². The van der Waals surface area contributed by atoms with E-state index in [2.05, 4.69) is 5.32 Å². The summed E-state index contributed by atoms with van der Waals surface area (Å²) in [5.74, 6) is 0.809. The van der Waals surface area contributed by atoms with Gasteiger partial charge >= 0.3 is 0 Å². The average molecular weight is 264 g/mol. The number of benzene rings is 1. The minimum atomic E-state index is -0.198. The van der Waals surface area contributed by atoms with Crippen molar-refractivity contribution in [1.82, 2.24) is 5.32 Å². The van der Waals surface area contributed by atoms with Crippen molar-refractivity contribution in [3.8, 4) is 11.5 Å². The quantitative estimate of drug-likeness (QED) is 0.860. The van der Waals surface area contributed by atoms with Crippen LogP contribution in [0.4, 0.5) is 0 Å². The molecule has 2 rings (SSSR count). The first-order valence-corrected chi connectivity index (χ1v) is 6.44. The first-order valence-electron chi connectivity index (χ1n) is 6.44. The van der Waals surface area contributed by atoms with Gasteiger partial charge in [-0.25, -0.2) is 0 Å². The summed E-state index contributed by atoms with van der Waals surface area (Å²) in [6.45, 7) is 0. The van der Waals surface area contributed by atoms with Crippen LogP contribution in [0.25, 0.3) is 0 Å². The predicted molar refractivity (Wildman–Crippen MR) is 72.6 cm³/mol. The smallest absolute Gasteiger partial charge is 0.259 e. The second kappa shape index (κ2) is 5.93. The van der Waals surface area contributed by atoms with Crippen LogP contribution in [0.3, 0.4) is 0 Å². The highest BCUT2D eigenvalue weighted by atomic mass is 16.5. The largest absolute Gasteiger partial charge is 0.496 e. The molecule has 0 unspecified atom stereocenters. The van der Waals surface area contributed by atoms with Crippen LogP contribution in [-0.4, -0.2) is 32.2 Å². The maximum absolute atomic E-state index is 12.4. The Labute approximate surface area is 113 Å². The Morgan fingerprint density at radius 2 is 1.89 bits per heavy atom. The Morgan fingerprint density at radius 1 is 1.26 bits per heavy atom. The molecule has 5 nitrogen and oxygen atoms in total. The van der Waals surface area contributed by atoms with Crippen LogP contribution in [0.2, 0.25) is 0 Å². The van der Waals surface area contributed by atoms with Crippen molar-refractivity contribution in [2.75, 3.05) is 14.2 Å². The molecule has 1 saturated carbocycles. The van der Waals surface area contributed by atoms with Crippen LogP contribution in [0.15, 0.2) is 18.2 Å². The first-order chi connectivity index (χ1) is 9.17. The molecule has 0 aliphatic heterocycles. The fourth-order valence-corrected chi connectivity index (χ4v) is 2.48. The van der Waals surface area contributed by atoms with Gasteiger partial charge in [-0.1, -0.05) is 6.07 Å². The van der Waals surface area contributed by atoms with Gasteiger partial charge in [0.15, 0.2) is 0 Å². The van der Waals surface area contributed by atoms with E-state index in [0.29, 0.717) is 17.1 Å². The summed E-state index contributed by atoms with van der Waals surface area (Å²) in [7, 11) is 3.07. The van der Waals surface area contributed by atoms with Gasteiger partial charge < -0.3 is 20.5 Å². The molecule has 19 heavy (non-hydrogen) atoms. The van der Waals surface area contributed by atoms with E-state index < -0.39 is 0 Å². The molecule has 1 aliphatic carbocycles. The van der Waals surface area contributed by atoms with Crippen molar-refractivity contribution in [2.45, 2.75) is 31.3 Å². The van der Waals surface area contributed by atoms with Gasteiger partial charge in [0.05, 0.1) is 14.2 Å². The second-order valence-corrected chi connectivity index (χ2v) is 4.71. The minimum absolute atomic E-state index is 0.0297. The second-order valence-electron chi connectivity index (χ2n) is 4.71. The minimum Gasteiger partial charge on any atom is -0.496 e. The Morgan fingerprint density at radius 3 is 2.37 bits per heavy atom. The maximum atomic E-state index is 12.4. The van der Waals surface area contributed by atoms with Crippen molar-refractivity contribution in [2.24, 2.45) is 5.73 Å². The summed E-state index contributed by atoms with van der Waals surface area (Å²) < 4.78 is 10.5. The number of rotatable bonds is 4. The summed E-state index contributed by atoms with van der Waals surface area (Å²) >= 11 is 0. The van der Waals surface area contributed by atoms with E-state index in [0.717, 1.165) is 19.3 Å². The zero-order valence-electron chi connectivity index (χ0n) is 11.3. The summed E-state index contributed by atoms with van der Waals surface area (Å²) in [6, 6.07) is 5.33. The first kappa shape index (κ1) is 13.7. The number of ether oxygens (including phenoxy) is 2. The van der Waals surface area contributed by atoms with Crippen LogP contribution >= 0.6 is 0 Å². The number of carbonyl (C=O) groups is 1. The monoisotopic (exact) mass is 264 g/mol. The lowest BCUT2D eigenvalue weighted by Crippen LogP contribution is -2.44. The molecule has 1 aromatic rings. The Hall–Kier alpha value is -1.75. The van der Waals surface area contributed by atoms with Gasteiger partial charge in [0.1, 0.15) is 17.1 Å². The van der Waals surface area contributed by atoms with E-state index in [1.807, 2.05) is 0 Å². The molecule has 2 atom stereocenters. The molecule has 3 N–H and O–H groups in total. The van der Waals surface area contributed by atoms with E-state index >= 15 is 0 Å². The molecule has 0 spiro atoms. The lowest BCUT2D eigenvalue weighted by molar-refractivity contribution is 0.0928. The van der Waals surface area contributed by atoms with Crippen molar-refractivity contribution < 1.29 is 14.3 Å². The third-order valence-electron chi connectivity index (χ3n) is 3.54. The topological polar surface area (TPSA) is 73.6 Å². The van der Waals surface area contributed by atoms with Crippen LogP contribution < -0.4 is 20.5 Å². The van der Waals surface area contributed by atoms with Gasteiger partial charge in [0.25, 0.3) is 5.91 Å². The SMILES string of the molecule is COc1cccc(OC)c1C(=O)N[C@H]1CCC[C@H]1N. The number of nitrogens with one attached hydrogen (secondary N) is 1. The Kier molecular flexibility index (Phi) is 4.27. The van der Waals surface area contributed by atoms with Crippen LogP contribution in [0, 0.1) is 0 Å². The number of carbonyl (C=O) groups excluding carboxylic acids is 1. The molecule has 0 radical (unpaired) electrons. The lowest BCUT2D eigenvalue weighted by Gasteiger charge is -2.19. The lowest BCUT2D eigenvalue weighted by atomic mass is 10.1. The Balaban J connectivity index is 2.22. The molecule has 104 valence electrons. The molecule has 0 bridgehead atoms. The van der Waals surface area contributed by atoms with Crippen molar-refractivity contribution in [3.63, 3.8) is 0 Å². The molecule has 1 amide bonds. The van der Waals surface area contributed by atoms with E-state index in [1.165, 1.54) is 14.2 Å². The zero-order chi connectivity index (χ0) is 13.8. The third-order valence-corrected chi connectivity index (χ3v) is 3.54. The van der Waals surface area contributed by atoms with Gasteiger partial charge in [0, 0.05) is 12.1 Å². The molecular weight excluding hydrogens is 244 g/mol. The van der Waals surface area contributed by atoms with Crippen molar-refractivity contribution in [1.29, 1.82) is 0 Å². The predicted octanol–water partition coefficient (Wildman–Crippen LogP) is 1.31. The highest BCUT2D eigenvalue weighted by Gasteiger charge is 2.27. The highest BCUT2D eigenvalue weighted by molar-refractivity contribution is 6.00. The summed E-state index contributed by atoms with van der Waals surface area (Å²) in [5.41, 5.74) is 6.39. The van der Waals surface area contributed by atoms with Gasteiger partial charge in [-0.3, -0.25) is 4.79 Å². The molecular formula is C14H20N2O3. The zero-order valence-corrected chi connectivity index (χ0v) is 11.3. The van der Waals surface area contributed by atoms with E-state index in [4.69, 9.17) is 15.2 Å². The average Bonchev–Trinajstić information content (AvgIpc) is 2.83. The van der Waals surface area contributed by atoms with E-state index in [9.17, 15) is 4.79 Å². The molecule has 0 saturated heterocycles. The summed E-state index contributed by atoms with van der Waals surface area (Å²) in [6.07, 6.45) is 2.92. The maximum Gasteiger partial charge on any atom is 0.259 e. The molecule has 0 heterocycles. The van der Waals surface area contributed by atoms with Crippen molar-refractivity contribution in [3.05, 3.63) is 23.8 Å². The van der Waals surface area contributed by atoms with Crippen molar-refractivity contribution >= 4 is 5.91 Å². The summed E-state index contributed by atoms with van der Waals surface area (Å²) in [5, 5.41) is 2.97. The molecule has 1 fully saturated rings. The normalized spacial score (nSPS) is 22.1. The molecule has 1 aliphatic rings. The fraction of sp³-hybridized carbons (Fsp3) is 0.500. The van der Waals surface area contributed by atoms with Crippen LogP contribution in [0.1, 0.15) is 29.6 Å². The number of hydrogen-bond donors (Lipinski definition) is 2. The number of hydrogen-bond acceptors (Lipinski definition) is 4. The summed E-state index contributed by atoms with van der Waals surface area (Å²) in [4.78, 5) is 12.4. The van der Waals surface area contributed by atoms with E-state index in [1.54, 1.807) is 18.2 Å². The Bertz CT molecular complexity index is 440. The van der Waals surface area contributed by atoms with Gasteiger partial charge in [-0.05, 0) is 31.4 Å². The van der Waals surface area contributed by atoms with Crippen LogP contribution in [0.5, 0.6) is 11.5 Å². The molecule has 5 heteroatoms. The molecule has 1 aromatic carbocycles. The molecule has 0 aromatic heterocycles. The van der Waals surface area contributed by atoms with Gasteiger partial charge in [0.2, 0.25) is 0 Å². The number of amides is 1. The third kappa shape index (κ3) is 2.81. The van der Waals surface area contributed by atoms with E-state index in [-0.39, 0.29) is 18.0 Å². The fourth-order valence-electron chi connectivity index (χ4n) is 2.48. The number of nitrogens with two attached hydrogens (primary N) is 1. The number of methoxy groups -OCH3 is 2. The highest BCUT2D eigenvalue weighted by Crippen LogP contribution is 2.28.